The maximum Gasteiger partial charge on any atom is 0.338 e. The van der Waals surface area contributed by atoms with E-state index in [1.165, 1.54) is 30.3 Å². The van der Waals surface area contributed by atoms with Crippen LogP contribution in [0.5, 0.6) is 0 Å². The maximum atomic E-state index is 13.1. The molecule has 182 valence electrons. The lowest BCUT2D eigenvalue weighted by Crippen LogP contribution is -2.36. The first-order valence-corrected chi connectivity index (χ1v) is 12.5. The maximum absolute atomic E-state index is 13.1. The number of ether oxygens (including phenoxy) is 1. The highest BCUT2D eigenvalue weighted by Gasteiger charge is 2.29. The molecule has 0 unspecified atom stereocenters. The van der Waals surface area contributed by atoms with Gasteiger partial charge in [-0.15, -0.1) is 0 Å². The van der Waals surface area contributed by atoms with Gasteiger partial charge in [0.25, 0.3) is 5.91 Å². The van der Waals surface area contributed by atoms with Crippen molar-refractivity contribution in [1.82, 2.24) is 4.31 Å². The van der Waals surface area contributed by atoms with E-state index in [0.29, 0.717) is 30.0 Å². The van der Waals surface area contributed by atoms with Crippen molar-refractivity contribution in [1.29, 1.82) is 0 Å². The molecule has 9 nitrogen and oxygen atoms in total. The molecule has 2 aromatic carbocycles. The smallest absolute Gasteiger partial charge is 0.338 e. The summed E-state index contributed by atoms with van der Waals surface area (Å²) in [5, 5.41) is 5.26. The molecule has 0 spiro atoms. The van der Waals surface area contributed by atoms with Crippen LogP contribution >= 0.6 is 0 Å². The quantitative estimate of drug-likeness (QED) is 0.578. The zero-order valence-electron chi connectivity index (χ0n) is 19.5. The molecule has 2 aromatic rings. The van der Waals surface area contributed by atoms with Crippen LogP contribution in [0.15, 0.2) is 47.4 Å². The molecule has 0 radical (unpaired) electrons. The average molecular weight is 488 g/mol. The summed E-state index contributed by atoms with van der Waals surface area (Å²) < 4.78 is 32.9. The van der Waals surface area contributed by atoms with E-state index >= 15 is 0 Å². The number of anilines is 2. The fraction of sp³-hybridized carbons (Fsp3) is 0.375. The number of carbonyl (C=O) groups excluding carboxylic acids is 3. The molecule has 0 aliphatic carbocycles. The highest BCUT2D eigenvalue weighted by molar-refractivity contribution is 7.89. The standard InChI is InChI=1S/C24H29N3O6S/c1-16-7-8-19(15-22(16)34(31,32)27-13-5-4-6-14-27)24(30)33-17(2)23(29)26-21-11-9-20(10-12-21)25-18(3)28/h7-12,15,17H,4-6,13-14H2,1-3H3,(H,25,28)(H,26,29)/t17-/m0/s1. The van der Waals surface area contributed by atoms with Crippen molar-refractivity contribution in [2.45, 2.75) is 51.0 Å². The second-order valence-corrected chi connectivity index (χ2v) is 10.1. The van der Waals surface area contributed by atoms with Crippen LogP contribution in [0, 0.1) is 6.92 Å². The second-order valence-electron chi connectivity index (χ2n) is 8.24. The number of benzene rings is 2. The van der Waals surface area contributed by atoms with Gasteiger partial charge in [-0.2, -0.15) is 4.31 Å². The average Bonchev–Trinajstić information content (AvgIpc) is 2.80. The largest absolute Gasteiger partial charge is 0.449 e. The van der Waals surface area contributed by atoms with Gasteiger partial charge < -0.3 is 15.4 Å². The van der Waals surface area contributed by atoms with Gasteiger partial charge in [0.15, 0.2) is 6.10 Å². The summed E-state index contributed by atoms with van der Waals surface area (Å²) in [4.78, 5) is 36.3. The van der Waals surface area contributed by atoms with Crippen LogP contribution in [0.3, 0.4) is 0 Å². The van der Waals surface area contributed by atoms with Gasteiger partial charge in [-0.25, -0.2) is 13.2 Å². The topological polar surface area (TPSA) is 122 Å². The number of sulfonamides is 1. The monoisotopic (exact) mass is 487 g/mol. The minimum absolute atomic E-state index is 0.0560. The zero-order valence-corrected chi connectivity index (χ0v) is 20.3. The summed E-state index contributed by atoms with van der Waals surface area (Å²) >= 11 is 0. The van der Waals surface area contributed by atoms with E-state index in [4.69, 9.17) is 4.74 Å². The van der Waals surface area contributed by atoms with E-state index in [1.54, 1.807) is 37.3 Å². The Morgan fingerprint density at radius 1 is 0.941 bits per heavy atom. The molecule has 0 aromatic heterocycles. The van der Waals surface area contributed by atoms with Gasteiger partial charge in [0.05, 0.1) is 10.5 Å². The molecule has 0 bridgehead atoms. The van der Waals surface area contributed by atoms with Crippen molar-refractivity contribution in [3.63, 3.8) is 0 Å². The van der Waals surface area contributed by atoms with Crippen molar-refractivity contribution < 1.29 is 27.5 Å². The fourth-order valence-electron chi connectivity index (χ4n) is 3.62. The lowest BCUT2D eigenvalue weighted by atomic mass is 10.1. The van der Waals surface area contributed by atoms with E-state index in [0.717, 1.165) is 19.3 Å². The number of amides is 2. The molecule has 1 atom stereocenters. The molecule has 1 saturated heterocycles. The number of aryl methyl sites for hydroxylation is 1. The Labute approximate surface area is 199 Å². The van der Waals surface area contributed by atoms with Gasteiger partial charge in [0.2, 0.25) is 15.9 Å². The third kappa shape index (κ3) is 6.21. The second kappa shape index (κ2) is 10.8. The first-order chi connectivity index (χ1) is 16.1. The van der Waals surface area contributed by atoms with Crippen molar-refractivity contribution in [2.24, 2.45) is 0 Å². The van der Waals surface area contributed by atoms with Gasteiger partial charge in [-0.3, -0.25) is 9.59 Å². The Kier molecular flexibility index (Phi) is 8.06. The Hall–Kier alpha value is -3.24. The van der Waals surface area contributed by atoms with Gasteiger partial charge in [0.1, 0.15) is 0 Å². The van der Waals surface area contributed by atoms with E-state index in [1.807, 2.05) is 0 Å². The Balaban J connectivity index is 1.67. The highest BCUT2D eigenvalue weighted by atomic mass is 32.2. The summed E-state index contributed by atoms with van der Waals surface area (Å²) in [6, 6.07) is 10.8. The molecule has 34 heavy (non-hydrogen) atoms. The van der Waals surface area contributed by atoms with Gasteiger partial charge in [0, 0.05) is 31.4 Å². The predicted octanol–water partition coefficient (Wildman–Crippen LogP) is 3.31. The Bertz CT molecular complexity index is 1170. The van der Waals surface area contributed by atoms with Gasteiger partial charge in [-0.05, 0) is 68.7 Å². The SMILES string of the molecule is CC(=O)Nc1ccc(NC(=O)[C@H](C)OC(=O)c2ccc(C)c(S(=O)(=O)N3CCCCC3)c2)cc1. The van der Waals surface area contributed by atoms with Crippen LogP contribution in [0.1, 0.15) is 49.0 Å². The van der Waals surface area contributed by atoms with E-state index in [-0.39, 0.29) is 16.4 Å². The van der Waals surface area contributed by atoms with E-state index < -0.39 is 28.0 Å². The predicted molar refractivity (Wildman–Crippen MR) is 128 cm³/mol. The van der Waals surface area contributed by atoms with Gasteiger partial charge >= 0.3 is 5.97 Å². The highest BCUT2D eigenvalue weighted by Crippen LogP contribution is 2.25. The number of nitrogens with zero attached hydrogens (tertiary/aromatic N) is 1. The molecule has 3 rings (SSSR count). The number of hydrogen-bond acceptors (Lipinski definition) is 6. The molecule has 1 heterocycles. The number of esters is 1. The lowest BCUT2D eigenvalue weighted by Gasteiger charge is -2.26. The summed E-state index contributed by atoms with van der Waals surface area (Å²) in [7, 11) is -3.73. The molecule has 2 N–H and O–H groups in total. The minimum atomic E-state index is -3.73. The van der Waals surface area contributed by atoms with Crippen LogP contribution in [0.4, 0.5) is 11.4 Å². The lowest BCUT2D eigenvalue weighted by molar-refractivity contribution is -0.123. The third-order valence-electron chi connectivity index (χ3n) is 5.48. The van der Waals surface area contributed by atoms with Crippen molar-refractivity contribution in [3.8, 4) is 0 Å². The summed E-state index contributed by atoms with van der Waals surface area (Å²) in [6.07, 6.45) is 1.49. The summed E-state index contributed by atoms with van der Waals surface area (Å²) in [5.41, 5.74) is 1.64. The van der Waals surface area contributed by atoms with Crippen LogP contribution < -0.4 is 10.6 Å². The molecule has 1 aliphatic rings. The first-order valence-electron chi connectivity index (χ1n) is 11.1. The summed E-state index contributed by atoms with van der Waals surface area (Å²) in [6.45, 7) is 5.42. The number of piperidine rings is 1. The van der Waals surface area contributed by atoms with Crippen molar-refractivity contribution in [3.05, 3.63) is 53.6 Å². The van der Waals surface area contributed by atoms with Crippen LogP contribution in [-0.4, -0.2) is 49.7 Å². The van der Waals surface area contributed by atoms with Crippen molar-refractivity contribution >= 4 is 39.2 Å². The molecule has 2 amide bonds. The number of hydrogen-bond donors (Lipinski definition) is 2. The normalized spacial score (nSPS) is 15.3. The Morgan fingerprint density at radius 3 is 2.12 bits per heavy atom. The van der Waals surface area contributed by atoms with E-state index in [2.05, 4.69) is 10.6 Å². The molecular weight excluding hydrogens is 458 g/mol. The van der Waals surface area contributed by atoms with Crippen LogP contribution in [-0.2, 0) is 24.3 Å². The number of rotatable bonds is 7. The van der Waals surface area contributed by atoms with E-state index in [9.17, 15) is 22.8 Å². The van der Waals surface area contributed by atoms with Gasteiger partial charge in [-0.1, -0.05) is 12.5 Å². The molecule has 1 fully saturated rings. The fourth-order valence-corrected chi connectivity index (χ4v) is 5.38. The molecule has 0 saturated carbocycles. The first kappa shape index (κ1) is 25.4. The van der Waals surface area contributed by atoms with Crippen molar-refractivity contribution in [2.75, 3.05) is 23.7 Å². The van der Waals surface area contributed by atoms with Crippen LogP contribution in [0.25, 0.3) is 0 Å². The van der Waals surface area contributed by atoms with Crippen LogP contribution in [0.2, 0.25) is 0 Å². The zero-order chi connectivity index (χ0) is 24.9. The third-order valence-corrected chi connectivity index (χ3v) is 7.52. The molecule has 10 heteroatoms. The number of carbonyl (C=O) groups is 3. The molecular formula is C24H29N3O6S. The Morgan fingerprint density at radius 2 is 1.53 bits per heavy atom. The number of nitrogens with one attached hydrogen (secondary N) is 2. The summed E-state index contributed by atoms with van der Waals surface area (Å²) in [5.74, 6) is -1.55. The molecule has 1 aliphatic heterocycles. The minimum Gasteiger partial charge on any atom is -0.449 e.